The van der Waals surface area contributed by atoms with Crippen LogP contribution in [0.25, 0.3) is 0 Å². The van der Waals surface area contributed by atoms with Crippen molar-refractivity contribution in [2.24, 2.45) is 0 Å². The number of rotatable bonds is 0. The minimum absolute atomic E-state index is 0.233. The molecule has 1 aromatic rings. The van der Waals surface area contributed by atoms with E-state index in [1.807, 2.05) is 13.0 Å². The second-order valence-corrected chi connectivity index (χ2v) is 3.29. The van der Waals surface area contributed by atoms with E-state index >= 15 is 0 Å². The fourth-order valence-electron chi connectivity index (χ4n) is 1.63. The molecule has 0 amide bonds. The molecule has 0 bridgehead atoms. The Morgan fingerprint density at radius 2 is 2.08 bits per heavy atom. The van der Waals surface area contributed by atoms with Gasteiger partial charge >= 0.3 is 0 Å². The summed E-state index contributed by atoms with van der Waals surface area (Å²) in [5, 5.41) is 0. The molecule has 0 heterocycles. The molecule has 2 heteroatoms. The maximum atomic E-state index is 11.3. The summed E-state index contributed by atoms with van der Waals surface area (Å²) in [6.45, 7) is 1.97. The Kier molecular flexibility index (Phi) is 1.43. The normalized spacial score (nSPS) is 14.9. The number of hydrogen-bond donors (Lipinski definition) is 1. The van der Waals surface area contributed by atoms with Gasteiger partial charge in [0.15, 0.2) is 5.78 Å². The predicted octanol–water partition coefficient (Wildman–Crippen LogP) is 1.71. The van der Waals surface area contributed by atoms with Gasteiger partial charge in [-0.1, -0.05) is 6.07 Å². The summed E-state index contributed by atoms with van der Waals surface area (Å²) in [5.41, 5.74) is 9.49. The lowest BCUT2D eigenvalue weighted by molar-refractivity contribution is 0.0994. The number of fused-ring (bicyclic) bond motifs is 1. The van der Waals surface area contributed by atoms with Crippen molar-refractivity contribution < 1.29 is 4.79 Å². The highest BCUT2D eigenvalue weighted by molar-refractivity contribution is 6.01. The van der Waals surface area contributed by atoms with Crippen LogP contribution >= 0.6 is 0 Å². The Bertz CT molecular complexity index is 355. The summed E-state index contributed by atoms with van der Waals surface area (Å²) < 4.78 is 0. The molecule has 0 saturated heterocycles. The molecule has 2 rings (SSSR count). The van der Waals surface area contributed by atoms with Gasteiger partial charge in [-0.3, -0.25) is 4.79 Å². The number of anilines is 1. The molecular weight excluding hydrogens is 150 g/mol. The van der Waals surface area contributed by atoms with Gasteiger partial charge < -0.3 is 5.73 Å². The third kappa shape index (κ3) is 0.916. The fourth-order valence-corrected chi connectivity index (χ4v) is 1.63. The number of ketones is 1. The summed E-state index contributed by atoms with van der Waals surface area (Å²) >= 11 is 0. The third-order valence-corrected chi connectivity index (χ3v) is 2.41. The molecule has 1 aromatic carbocycles. The highest BCUT2D eigenvalue weighted by Crippen LogP contribution is 2.26. The first kappa shape index (κ1) is 7.35. The average molecular weight is 161 g/mol. The van der Waals surface area contributed by atoms with E-state index in [2.05, 4.69) is 0 Å². The quantitative estimate of drug-likeness (QED) is 0.588. The van der Waals surface area contributed by atoms with Gasteiger partial charge in [0.2, 0.25) is 0 Å². The van der Waals surface area contributed by atoms with E-state index in [1.165, 1.54) is 0 Å². The van der Waals surface area contributed by atoms with Gasteiger partial charge in [-0.15, -0.1) is 0 Å². The van der Waals surface area contributed by atoms with E-state index in [9.17, 15) is 4.79 Å². The van der Waals surface area contributed by atoms with Gasteiger partial charge in [-0.25, -0.2) is 0 Å². The van der Waals surface area contributed by atoms with Crippen molar-refractivity contribution in [2.45, 2.75) is 19.8 Å². The maximum Gasteiger partial charge on any atom is 0.163 e. The number of nitrogen functional groups attached to an aromatic ring is 1. The number of benzene rings is 1. The van der Waals surface area contributed by atoms with Gasteiger partial charge in [0.05, 0.1) is 0 Å². The van der Waals surface area contributed by atoms with Gasteiger partial charge in [0, 0.05) is 17.7 Å². The molecule has 0 atom stereocenters. The van der Waals surface area contributed by atoms with Crippen LogP contribution in [0.15, 0.2) is 12.1 Å². The van der Waals surface area contributed by atoms with Crippen molar-refractivity contribution in [1.82, 2.24) is 0 Å². The molecule has 62 valence electrons. The number of carbonyl (C=O) groups excluding carboxylic acids is 1. The second kappa shape index (κ2) is 2.34. The maximum absolute atomic E-state index is 11.3. The lowest BCUT2D eigenvalue weighted by Gasteiger charge is -2.02. The molecule has 1 aliphatic carbocycles. The molecule has 0 aliphatic heterocycles. The van der Waals surface area contributed by atoms with Crippen LogP contribution in [0.3, 0.4) is 0 Å². The Balaban J connectivity index is 2.63. The zero-order chi connectivity index (χ0) is 8.72. The topological polar surface area (TPSA) is 43.1 Å². The first-order chi connectivity index (χ1) is 5.68. The Morgan fingerprint density at radius 3 is 2.83 bits per heavy atom. The van der Waals surface area contributed by atoms with Crippen LogP contribution in [0.1, 0.15) is 27.9 Å². The number of aryl methyl sites for hydroxylation is 2. The van der Waals surface area contributed by atoms with E-state index in [1.54, 1.807) is 6.07 Å². The number of nitrogens with two attached hydrogens (primary N) is 1. The van der Waals surface area contributed by atoms with E-state index in [0.29, 0.717) is 6.42 Å². The molecule has 0 unspecified atom stereocenters. The largest absolute Gasteiger partial charge is 0.398 e. The van der Waals surface area contributed by atoms with Gasteiger partial charge in [-0.2, -0.15) is 0 Å². The zero-order valence-corrected chi connectivity index (χ0v) is 7.05. The Hall–Kier alpha value is -1.31. The van der Waals surface area contributed by atoms with Crippen LogP contribution in [0.2, 0.25) is 0 Å². The summed E-state index contributed by atoms with van der Waals surface area (Å²) in [4.78, 5) is 11.3. The van der Waals surface area contributed by atoms with Crippen molar-refractivity contribution in [3.63, 3.8) is 0 Å². The Labute approximate surface area is 71.4 Å². The van der Waals surface area contributed by atoms with Gasteiger partial charge in [0.1, 0.15) is 0 Å². The van der Waals surface area contributed by atoms with Crippen LogP contribution in [0.5, 0.6) is 0 Å². The van der Waals surface area contributed by atoms with Crippen LogP contribution < -0.4 is 5.73 Å². The molecule has 0 aromatic heterocycles. The highest BCUT2D eigenvalue weighted by Gasteiger charge is 2.19. The van der Waals surface area contributed by atoms with E-state index < -0.39 is 0 Å². The molecule has 2 N–H and O–H groups in total. The number of hydrogen-bond acceptors (Lipinski definition) is 2. The second-order valence-electron chi connectivity index (χ2n) is 3.29. The van der Waals surface area contributed by atoms with Crippen LogP contribution in [-0.2, 0) is 6.42 Å². The molecule has 0 radical (unpaired) electrons. The Morgan fingerprint density at radius 1 is 1.33 bits per heavy atom. The highest BCUT2D eigenvalue weighted by atomic mass is 16.1. The van der Waals surface area contributed by atoms with Gasteiger partial charge in [0.25, 0.3) is 0 Å². The van der Waals surface area contributed by atoms with Crippen LogP contribution in [0.4, 0.5) is 5.69 Å². The lowest BCUT2D eigenvalue weighted by atomic mass is 10.1. The molecule has 0 spiro atoms. The molecule has 0 saturated carbocycles. The van der Waals surface area contributed by atoms with E-state index in [0.717, 1.165) is 28.8 Å². The van der Waals surface area contributed by atoms with E-state index in [4.69, 9.17) is 5.73 Å². The average Bonchev–Trinajstić information content (AvgIpc) is 2.35. The number of Topliss-reactive ketones (excluding diaryl/α,β-unsaturated/α-hetero) is 1. The summed E-state index contributed by atoms with van der Waals surface area (Å²) in [6, 6.07) is 3.83. The predicted molar refractivity (Wildman–Crippen MR) is 48.2 cm³/mol. The van der Waals surface area contributed by atoms with Crippen LogP contribution in [-0.4, -0.2) is 5.78 Å². The fraction of sp³-hybridized carbons (Fsp3) is 0.300. The zero-order valence-electron chi connectivity index (χ0n) is 7.05. The van der Waals surface area contributed by atoms with Crippen LogP contribution in [0, 0.1) is 6.92 Å². The minimum Gasteiger partial charge on any atom is -0.398 e. The smallest absolute Gasteiger partial charge is 0.163 e. The van der Waals surface area contributed by atoms with E-state index in [-0.39, 0.29) is 5.78 Å². The first-order valence-corrected chi connectivity index (χ1v) is 4.10. The standard InChI is InChI=1S/C10H11NO/c1-6-4-7-2-3-10(12)8(7)5-9(6)11/h4-5H,2-3,11H2,1H3. The monoisotopic (exact) mass is 161 g/mol. The lowest BCUT2D eigenvalue weighted by Crippen LogP contribution is -1.96. The molecule has 1 aliphatic rings. The molecule has 2 nitrogen and oxygen atoms in total. The molecule has 0 fully saturated rings. The summed E-state index contributed by atoms with van der Waals surface area (Å²) in [6.07, 6.45) is 1.54. The van der Waals surface area contributed by atoms with Gasteiger partial charge in [-0.05, 0) is 30.5 Å². The molecular formula is C10H11NO. The van der Waals surface area contributed by atoms with Crippen molar-refractivity contribution in [3.05, 3.63) is 28.8 Å². The molecule has 12 heavy (non-hydrogen) atoms. The van der Waals surface area contributed by atoms with Crippen molar-refractivity contribution in [3.8, 4) is 0 Å². The van der Waals surface area contributed by atoms with Crippen molar-refractivity contribution in [1.29, 1.82) is 0 Å². The summed E-state index contributed by atoms with van der Waals surface area (Å²) in [7, 11) is 0. The minimum atomic E-state index is 0.233. The summed E-state index contributed by atoms with van der Waals surface area (Å²) in [5.74, 6) is 0.233. The number of carbonyl (C=O) groups is 1. The van der Waals surface area contributed by atoms with Crippen molar-refractivity contribution >= 4 is 11.5 Å². The third-order valence-electron chi connectivity index (χ3n) is 2.41. The first-order valence-electron chi connectivity index (χ1n) is 4.10. The van der Waals surface area contributed by atoms with Crippen molar-refractivity contribution in [2.75, 3.05) is 5.73 Å². The SMILES string of the molecule is Cc1cc2c(cc1N)C(=O)CC2.